The van der Waals surface area contributed by atoms with Crippen LogP contribution in [0.15, 0.2) is 58.7 Å². The molecule has 0 aliphatic carbocycles. The van der Waals surface area contributed by atoms with Gasteiger partial charge in [0.2, 0.25) is 5.91 Å². The van der Waals surface area contributed by atoms with Crippen molar-refractivity contribution in [2.45, 2.75) is 44.9 Å². The van der Waals surface area contributed by atoms with E-state index in [1.807, 2.05) is 31.2 Å². The van der Waals surface area contributed by atoms with E-state index in [9.17, 15) is 9.18 Å². The zero-order valence-electron chi connectivity index (χ0n) is 16.1. The van der Waals surface area contributed by atoms with Gasteiger partial charge in [-0.1, -0.05) is 73.5 Å². The molecule has 1 unspecified atom stereocenters. The number of carbonyl (C=O) groups is 1. The lowest BCUT2D eigenvalue weighted by Crippen LogP contribution is -2.31. The van der Waals surface area contributed by atoms with Crippen LogP contribution >= 0.6 is 11.8 Å². The molecule has 0 spiro atoms. The molecule has 1 atom stereocenters. The van der Waals surface area contributed by atoms with Crippen LogP contribution in [0.25, 0.3) is 0 Å². The van der Waals surface area contributed by atoms with Gasteiger partial charge >= 0.3 is 0 Å². The lowest BCUT2D eigenvalue weighted by atomic mass is 10.1. The zero-order chi connectivity index (χ0) is 19.9. The number of amidine groups is 1. The molecule has 0 aromatic heterocycles. The van der Waals surface area contributed by atoms with Gasteiger partial charge in [-0.2, -0.15) is 5.10 Å². The molecule has 0 bridgehead atoms. The summed E-state index contributed by atoms with van der Waals surface area (Å²) in [5.74, 6) is -0.240. The number of amides is 1. The predicted octanol–water partition coefficient (Wildman–Crippen LogP) is 5.16. The van der Waals surface area contributed by atoms with Gasteiger partial charge < -0.3 is 0 Å². The normalized spacial score (nSPS) is 18.5. The second kappa shape index (κ2) is 9.64. The van der Waals surface area contributed by atoms with Gasteiger partial charge in [0.25, 0.3) is 0 Å². The number of carbonyl (C=O) groups excluding carboxylic acids is 1. The zero-order valence-corrected chi connectivity index (χ0v) is 17.0. The van der Waals surface area contributed by atoms with E-state index >= 15 is 0 Å². The standard InChI is InChI=1S/C22H24FN3OS/c1-3-4-5-20-21(27)26(15-18-10-12-19(23)13-11-18)22(28-20)25-24-14-17-8-6-16(2)7-9-17/h6-14,20H,3-5,15H2,1-2H3/b24-14+,25-22-. The monoisotopic (exact) mass is 397 g/mol. The Balaban J connectivity index is 1.78. The van der Waals surface area contributed by atoms with Gasteiger partial charge in [0.05, 0.1) is 18.0 Å². The van der Waals surface area contributed by atoms with Gasteiger partial charge in [-0.05, 0) is 36.6 Å². The molecule has 3 rings (SSSR count). The first kappa shape index (κ1) is 20.3. The Kier molecular flexibility index (Phi) is 6.98. The summed E-state index contributed by atoms with van der Waals surface area (Å²) in [6.45, 7) is 4.51. The molecular weight excluding hydrogens is 373 g/mol. The highest BCUT2D eigenvalue weighted by Crippen LogP contribution is 2.32. The first-order valence-electron chi connectivity index (χ1n) is 9.47. The summed E-state index contributed by atoms with van der Waals surface area (Å²) >= 11 is 1.47. The predicted molar refractivity (Wildman–Crippen MR) is 114 cm³/mol. The van der Waals surface area contributed by atoms with Crippen molar-refractivity contribution >= 4 is 29.1 Å². The van der Waals surface area contributed by atoms with Crippen LogP contribution in [-0.4, -0.2) is 27.4 Å². The van der Waals surface area contributed by atoms with Crippen molar-refractivity contribution in [1.82, 2.24) is 4.90 Å². The minimum atomic E-state index is -0.289. The molecule has 1 heterocycles. The molecule has 2 aromatic rings. The number of nitrogens with zero attached hydrogens (tertiary/aromatic N) is 3. The highest BCUT2D eigenvalue weighted by atomic mass is 32.2. The highest BCUT2D eigenvalue weighted by Gasteiger charge is 2.37. The minimum Gasteiger partial charge on any atom is -0.284 e. The maximum atomic E-state index is 13.2. The van der Waals surface area contributed by atoms with Crippen molar-refractivity contribution in [3.63, 3.8) is 0 Å². The van der Waals surface area contributed by atoms with Crippen molar-refractivity contribution in [3.8, 4) is 0 Å². The molecule has 0 N–H and O–H groups in total. The highest BCUT2D eigenvalue weighted by molar-refractivity contribution is 8.15. The van der Waals surface area contributed by atoms with Gasteiger partial charge in [-0.3, -0.25) is 9.69 Å². The van der Waals surface area contributed by atoms with E-state index in [1.165, 1.54) is 29.5 Å². The van der Waals surface area contributed by atoms with Crippen molar-refractivity contribution < 1.29 is 9.18 Å². The Morgan fingerprint density at radius 2 is 1.86 bits per heavy atom. The van der Waals surface area contributed by atoms with E-state index in [-0.39, 0.29) is 17.0 Å². The van der Waals surface area contributed by atoms with Crippen LogP contribution in [0.1, 0.15) is 42.9 Å². The van der Waals surface area contributed by atoms with Crippen LogP contribution in [0.4, 0.5) is 4.39 Å². The Morgan fingerprint density at radius 3 is 2.54 bits per heavy atom. The van der Waals surface area contributed by atoms with Crippen molar-refractivity contribution in [1.29, 1.82) is 0 Å². The van der Waals surface area contributed by atoms with E-state index < -0.39 is 0 Å². The number of halogens is 1. The molecule has 1 amide bonds. The van der Waals surface area contributed by atoms with Gasteiger partial charge in [0, 0.05) is 0 Å². The van der Waals surface area contributed by atoms with E-state index in [2.05, 4.69) is 17.1 Å². The Hall–Kier alpha value is -2.47. The molecule has 6 heteroatoms. The van der Waals surface area contributed by atoms with Crippen LogP contribution in [0.3, 0.4) is 0 Å². The molecule has 1 aliphatic heterocycles. The van der Waals surface area contributed by atoms with Crippen LogP contribution in [0, 0.1) is 12.7 Å². The van der Waals surface area contributed by atoms with Crippen LogP contribution in [0.5, 0.6) is 0 Å². The van der Waals surface area contributed by atoms with E-state index in [4.69, 9.17) is 0 Å². The third-order valence-electron chi connectivity index (χ3n) is 4.52. The summed E-state index contributed by atoms with van der Waals surface area (Å²) < 4.78 is 13.2. The summed E-state index contributed by atoms with van der Waals surface area (Å²) in [5.41, 5.74) is 3.00. The van der Waals surface area contributed by atoms with Crippen LogP contribution in [0.2, 0.25) is 0 Å². The van der Waals surface area contributed by atoms with E-state index in [1.54, 1.807) is 23.2 Å². The second-order valence-electron chi connectivity index (χ2n) is 6.84. The summed E-state index contributed by atoms with van der Waals surface area (Å²) in [5, 5.41) is 8.99. The molecular formula is C22H24FN3OS. The third kappa shape index (κ3) is 5.29. The Morgan fingerprint density at radius 1 is 1.14 bits per heavy atom. The number of aryl methyl sites for hydroxylation is 1. The molecule has 0 radical (unpaired) electrons. The topological polar surface area (TPSA) is 45.0 Å². The van der Waals surface area contributed by atoms with Crippen LogP contribution in [-0.2, 0) is 11.3 Å². The largest absolute Gasteiger partial charge is 0.284 e. The number of benzene rings is 2. The molecule has 1 aliphatic rings. The Labute approximate surface area is 169 Å². The second-order valence-corrected chi connectivity index (χ2v) is 8.01. The lowest BCUT2D eigenvalue weighted by Gasteiger charge is -2.15. The first-order valence-corrected chi connectivity index (χ1v) is 10.3. The number of thioether (sulfide) groups is 1. The smallest absolute Gasteiger partial charge is 0.242 e. The molecule has 0 saturated carbocycles. The first-order chi connectivity index (χ1) is 13.6. The van der Waals surface area contributed by atoms with Gasteiger partial charge in [0.1, 0.15) is 5.82 Å². The number of hydrogen-bond acceptors (Lipinski definition) is 4. The quantitative estimate of drug-likeness (QED) is 0.479. The minimum absolute atomic E-state index is 0.0482. The van der Waals surface area contributed by atoms with Gasteiger partial charge in [0.15, 0.2) is 5.17 Å². The van der Waals surface area contributed by atoms with Crippen molar-refractivity contribution in [3.05, 3.63) is 71.0 Å². The van der Waals surface area contributed by atoms with Crippen molar-refractivity contribution in [2.75, 3.05) is 0 Å². The van der Waals surface area contributed by atoms with E-state index in [0.717, 1.165) is 30.4 Å². The molecule has 1 saturated heterocycles. The fraction of sp³-hybridized carbons (Fsp3) is 0.318. The number of rotatable bonds is 7. The fourth-order valence-corrected chi connectivity index (χ4v) is 4.02. The third-order valence-corrected chi connectivity index (χ3v) is 5.76. The van der Waals surface area contributed by atoms with Gasteiger partial charge in [-0.25, -0.2) is 4.39 Å². The molecule has 1 fully saturated rings. The summed E-state index contributed by atoms with van der Waals surface area (Å²) in [4.78, 5) is 14.5. The lowest BCUT2D eigenvalue weighted by molar-refractivity contribution is -0.126. The molecule has 28 heavy (non-hydrogen) atoms. The maximum Gasteiger partial charge on any atom is 0.242 e. The van der Waals surface area contributed by atoms with Crippen molar-refractivity contribution in [2.24, 2.45) is 10.2 Å². The SMILES string of the molecule is CCCCC1S/C(=N\N=C\c2ccc(C)cc2)N(Cc2ccc(F)cc2)C1=O. The van der Waals surface area contributed by atoms with Gasteiger partial charge in [-0.15, -0.1) is 5.10 Å². The Bertz CT molecular complexity index is 862. The molecule has 2 aromatic carbocycles. The maximum absolute atomic E-state index is 13.2. The molecule has 146 valence electrons. The van der Waals surface area contributed by atoms with E-state index in [0.29, 0.717) is 11.7 Å². The summed E-state index contributed by atoms with van der Waals surface area (Å²) in [7, 11) is 0. The summed E-state index contributed by atoms with van der Waals surface area (Å²) in [6.07, 6.45) is 4.54. The fourth-order valence-electron chi connectivity index (χ4n) is 2.87. The molecule has 4 nitrogen and oxygen atoms in total. The average Bonchev–Trinajstić information content (AvgIpc) is 2.98. The van der Waals surface area contributed by atoms with Crippen LogP contribution < -0.4 is 0 Å². The summed E-state index contributed by atoms with van der Waals surface area (Å²) in [6, 6.07) is 14.2. The number of unbranched alkanes of at least 4 members (excludes halogenated alkanes) is 1. The number of hydrogen-bond donors (Lipinski definition) is 0. The average molecular weight is 398 g/mol.